The third-order valence-corrected chi connectivity index (χ3v) is 4.19. The van der Waals surface area contributed by atoms with Crippen LogP contribution in [0, 0.1) is 0 Å². The van der Waals surface area contributed by atoms with Crippen LogP contribution in [0.4, 0.5) is 0 Å². The fraction of sp³-hybridized carbons (Fsp3) is 0.235. The Morgan fingerprint density at radius 2 is 1.82 bits per heavy atom. The van der Waals surface area contributed by atoms with Gasteiger partial charge in [0.25, 0.3) is 0 Å². The van der Waals surface area contributed by atoms with Gasteiger partial charge in [-0.3, -0.25) is 0 Å². The molecule has 0 saturated carbocycles. The predicted molar refractivity (Wildman–Crippen MR) is 85.6 cm³/mol. The summed E-state index contributed by atoms with van der Waals surface area (Å²) in [5.74, 6) is 0.773. The summed E-state index contributed by atoms with van der Waals surface area (Å²) in [4.78, 5) is 1.49. The van der Waals surface area contributed by atoms with Gasteiger partial charge in [0.2, 0.25) is 0 Å². The van der Waals surface area contributed by atoms with Gasteiger partial charge in [0, 0.05) is 18.9 Å². The Labute approximate surface area is 128 Å². The van der Waals surface area contributed by atoms with Crippen molar-refractivity contribution in [1.29, 1.82) is 0 Å². The molecule has 5 heteroatoms. The van der Waals surface area contributed by atoms with E-state index in [2.05, 4.69) is 52.1 Å². The van der Waals surface area contributed by atoms with E-state index in [0.29, 0.717) is 0 Å². The Morgan fingerprint density at radius 1 is 1.00 bits per heavy atom. The van der Waals surface area contributed by atoms with Crippen LogP contribution in [0.3, 0.4) is 0 Å². The summed E-state index contributed by atoms with van der Waals surface area (Å²) in [6.45, 7) is 2.40. The first-order valence-electron chi connectivity index (χ1n) is 7.70. The van der Waals surface area contributed by atoms with Crippen molar-refractivity contribution >= 4 is 16.8 Å². The van der Waals surface area contributed by atoms with Crippen molar-refractivity contribution in [2.45, 2.75) is 12.8 Å². The molecule has 1 aliphatic heterocycles. The Kier molecular flexibility index (Phi) is 3.40. The van der Waals surface area contributed by atoms with Crippen molar-refractivity contribution in [3.63, 3.8) is 0 Å². The molecule has 1 aliphatic rings. The molecule has 22 heavy (non-hydrogen) atoms. The molecular formula is C17H18N5+. The van der Waals surface area contributed by atoms with Gasteiger partial charge in [-0.05, 0) is 33.3 Å². The predicted octanol–water partition coefficient (Wildman–Crippen LogP) is 1.46. The maximum Gasteiger partial charge on any atom is 0.185 e. The van der Waals surface area contributed by atoms with Crippen LogP contribution in [0.15, 0.2) is 48.7 Å². The van der Waals surface area contributed by atoms with Crippen molar-refractivity contribution in [3.05, 3.63) is 54.5 Å². The number of hydrogen-bond donors (Lipinski definition) is 1. The smallest absolute Gasteiger partial charge is 0.185 e. The molecule has 4 rings (SSSR count). The molecule has 2 aromatic carbocycles. The number of aromatic nitrogens is 4. The van der Waals surface area contributed by atoms with E-state index in [1.165, 1.54) is 41.6 Å². The second-order valence-electron chi connectivity index (χ2n) is 5.68. The number of quaternary nitrogens is 1. The van der Waals surface area contributed by atoms with Crippen molar-refractivity contribution in [1.82, 2.24) is 20.2 Å². The van der Waals surface area contributed by atoms with Gasteiger partial charge < -0.3 is 4.90 Å². The highest BCUT2D eigenvalue weighted by Gasteiger charge is 2.13. The third kappa shape index (κ3) is 2.51. The zero-order chi connectivity index (χ0) is 14.8. The summed E-state index contributed by atoms with van der Waals surface area (Å²) >= 11 is 0. The van der Waals surface area contributed by atoms with E-state index in [1.807, 2.05) is 18.2 Å². The summed E-state index contributed by atoms with van der Waals surface area (Å²) < 4.78 is 1.79. The largest absolute Gasteiger partial charge is 0.309 e. The van der Waals surface area contributed by atoms with Crippen LogP contribution < -0.4 is 4.90 Å². The minimum atomic E-state index is 0.773. The summed E-state index contributed by atoms with van der Waals surface area (Å²) in [5.41, 5.74) is 0.986. The van der Waals surface area contributed by atoms with E-state index in [1.54, 1.807) is 4.68 Å². The third-order valence-electron chi connectivity index (χ3n) is 4.19. The van der Waals surface area contributed by atoms with E-state index >= 15 is 0 Å². The first-order valence-corrected chi connectivity index (χ1v) is 7.70. The quantitative estimate of drug-likeness (QED) is 0.795. The standard InChI is InChI=1S/C17H17N5/c1-2-6-15-13-16(8-7-14(15)5-1)22-17(18-19-20-22)9-12-21-10-3-4-11-21/h1-2,5-9,12-13H,3-4,10-11H2/p+1/b12-9+. The molecule has 0 amide bonds. The van der Waals surface area contributed by atoms with Crippen LogP contribution >= 0.6 is 0 Å². The molecule has 0 atom stereocenters. The minimum absolute atomic E-state index is 0.773. The van der Waals surface area contributed by atoms with Crippen molar-refractivity contribution in [2.24, 2.45) is 0 Å². The minimum Gasteiger partial charge on any atom is -0.309 e. The number of rotatable bonds is 3. The fourth-order valence-electron chi connectivity index (χ4n) is 2.98. The summed E-state index contributed by atoms with van der Waals surface area (Å²) in [6.07, 6.45) is 6.80. The average molecular weight is 292 g/mol. The fourth-order valence-corrected chi connectivity index (χ4v) is 2.98. The maximum atomic E-state index is 4.14. The first-order chi connectivity index (χ1) is 10.9. The highest BCUT2D eigenvalue weighted by Crippen LogP contribution is 2.18. The lowest BCUT2D eigenvalue weighted by Gasteiger charge is -2.05. The number of nitrogens with zero attached hydrogens (tertiary/aromatic N) is 4. The molecule has 0 spiro atoms. The summed E-state index contributed by atoms with van der Waals surface area (Å²) in [6, 6.07) is 14.6. The number of nitrogens with one attached hydrogen (secondary N) is 1. The number of benzene rings is 2. The Morgan fingerprint density at radius 3 is 2.68 bits per heavy atom. The van der Waals surface area contributed by atoms with E-state index in [0.717, 1.165) is 11.5 Å². The van der Waals surface area contributed by atoms with Crippen LogP contribution in [0.25, 0.3) is 22.5 Å². The van der Waals surface area contributed by atoms with Crippen molar-refractivity contribution in [2.75, 3.05) is 13.1 Å². The van der Waals surface area contributed by atoms with Gasteiger partial charge in [0.1, 0.15) is 0 Å². The second-order valence-corrected chi connectivity index (χ2v) is 5.68. The van der Waals surface area contributed by atoms with Gasteiger partial charge in [-0.25, -0.2) is 0 Å². The SMILES string of the molecule is C(=C\[NH+]1CCCC1)/c1nnnn1-c1ccc2ccccc2c1. The first kappa shape index (κ1) is 13.2. The molecule has 1 saturated heterocycles. The molecule has 1 N–H and O–H groups in total. The second kappa shape index (κ2) is 5.69. The molecule has 110 valence electrons. The Hall–Kier alpha value is -2.53. The molecule has 3 aromatic rings. The lowest BCUT2D eigenvalue weighted by atomic mass is 10.1. The van der Waals surface area contributed by atoms with Gasteiger partial charge in [0.15, 0.2) is 5.82 Å². The van der Waals surface area contributed by atoms with Gasteiger partial charge in [-0.1, -0.05) is 30.3 Å². The lowest BCUT2D eigenvalue weighted by molar-refractivity contribution is -0.831. The van der Waals surface area contributed by atoms with E-state index in [4.69, 9.17) is 0 Å². The van der Waals surface area contributed by atoms with Crippen molar-refractivity contribution in [3.8, 4) is 5.69 Å². The van der Waals surface area contributed by atoms with Crippen LogP contribution in [0.2, 0.25) is 0 Å². The molecule has 1 fully saturated rings. The van der Waals surface area contributed by atoms with E-state index < -0.39 is 0 Å². The molecule has 0 radical (unpaired) electrons. The van der Waals surface area contributed by atoms with Gasteiger partial charge >= 0.3 is 0 Å². The Balaban J connectivity index is 1.68. The normalized spacial score (nSPS) is 16.0. The maximum absolute atomic E-state index is 4.14. The summed E-state index contributed by atoms with van der Waals surface area (Å²) in [5, 5.41) is 14.5. The topological polar surface area (TPSA) is 48.0 Å². The summed E-state index contributed by atoms with van der Waals surface area (Å²) in [7, 11) is 0. The molecule has 0 aliphatic carbocycles. The van der Waals surface area contributed by atoms with Crippen LogP contribution in [-0.4, -0.2) is 33.3 Å². The van der Waals surface area contributed by atoms with Gasteiger partial charge in [-0.2, -0.15) is 4.68 Å². The Bertz CT molecular complexity index is 815. The van der Waals surface area contributed by atoms with Crippen LogP contribution in [0.5, 0.6) is 0 Å². The number of fused-ring (bicyclic) bond motifs is 1. The van der Waals surface area contributed by atoms with Gasteiger partial charge in [0.05, 0.1) is 25.0 Å². The van der Waals surface area contributed by atoms with E-state index in [-0.39, 0.29) is 0 Å². The number of likely N-dealkylation sites (tertiary alicyclic amines) is 1. The highest BCUT2D eigenvalue weighted by molar-refractivity contribution is 5.84. The molecular weight excluding hydrogens is 274 g/mol. The van der Waals surface area contributed by atoms with Crippen LogP contribution in [-0.2, 0) is 0 Å². The lowest BCUT2D eigenvalue weighted by Crippen LogP contribution is -3.05. The highest BCUT2D eigenvalue weighted by atomic mass is 15.5. The van der Waals surface area contributed by atoms with Crippen LogP contribution in [0.1, 0.15) is 18.7 Å². The number of hydrogen-bond acceptors (Lipinski definition) is 3. The molecule has 1 aromatic heterocycles. The average Bonchev–Trinajstić information content (AvgIpc) is 3.24. The van der Waals surface area contributed by atoms with Crippen molar-refractivity contribution < 1.29 is 4.90 Å². The molecule has 0 bridgehead atoms. The molecule has 0 unspecified atom stereocenters. The molecule has 2 heterocycles. The van der Waals surface area contributed by atoms with E-state index in [9.17, 15) is 0 Å². The van der Waals surface area contributed by atoms with Gasteiger partial charge in [-0.15, -0.1) is 5.10 Å². The zero-order valence-corrected chi connectivity index (χ0v) is 12.3. The zero-order valence-electron chi connectivity index (χ0n) is 12.3. The molecule has 5 nitrogen and oxygen atoms in total. The monoisotopic (exact) mass is 292 g/mol. The number of tetrazole rings is 1.